The number of nitrogens with one attached hydrogen (secondary N) is 2. The van der Waals surface area contributed by atoms with Gasteiger partial charge < -0.3 is 15.6 Å². The Kier molecular flexibility index (Phi) is 5.59. The van der Waals surface area contributed by atoms with Crippen molar-refractivity contribution in [3.05, 3.63) is 5.82 Å². The lowest BCUT2D eigenvalue weighted by atomic mass is 10.6. The summed E-state index contributed by atoms with van der Waals surface area (Å²) in [7, 11) is 1.44. The van der Waals surface area contributed by atoms with E-state index in [9.17, 15) is 9.59 Å². The van der Waals surface area contributed by atoms with Gasteiger partial charge in [-0.3, -0.25) is 10.1 Å². The molecule has 9 heteroatoms. The van der Waals surface area contributed by atoms with Gasteiger partial charge in [0.1, 0.15) is 5.82 Å². The number of nitrogens with two attached hydrogens (primary N) is 1. The van der Waals surface area contributed by atoms with Gasteiger partial charge in [-0.25, -0.2) is 4.79 Å². The van der Waals surface area contributed by atoms with E-state index in [1.54, 1.807) is 0 Å². The van der Waals surface area contributed by atoms with Gasteiger partial charge in [0.05, 0.1) is 5.75 Å². The molecule has 0 saturated carbocycles. The minimum absolute atomic E-state index is 0.0934. The first-order chi connectivity index (χ1) is 8.58. The lowest BCUT2D eigenvalue weighted by Crippen LogP contribution is -2.38. The van der Waals surface area contributed by atoms with E-state index in [0.29, 0.717) is 18.2 Å². The standard InChI is InChI=1S/C9H16N6O2S/c1-6-13-14-9(15(6)4-3-10)18-5-7(16)12-8(17)11-2/h3-5,10H2,1-2H3,(H2,11,12,16,17). The van der Waals surface area contributed by atoms with Crippen LogP contribution >= 0.6 is 11.8 Å². The Labute approximate surface area is 109 Å². The number of amides is 3. The molecule has 0 aliphatic heterocycles. The molecule has 0 atom stereocenters. The quantitative estimate of drug-likeness (QED) is 0.598. The molecule has 0 unspecified atom stereocenters. The Hall–Kier alpha value is -1.61. The summed E-state index contributed by atoms with van der Waals surface area (Å²) in [4.78, 5) is 22.3. The highest BCUT2D eigenvalue weighted by Crippen LogP contribution is 2.15. The fourth-order valence-electron chi connectivity index (χ4n) is 1.21. The van der Waals surface area contributed by atoms with Crippen molar-refractivity contribution in [1.82, 2.24) is 25.4 Å². The van der Waals surface area contributed by atoms with Crippen LogP contribution in [-0.4, -0.2) is 46.0 Å². The van der Waals surface area contributed by atoms with Gasteiger partial charge in [0.15, 0.2) is 5.16 Å². The van der Waals surface area contributed by atoms with Crippen LogP contribution < -0.4 is 16.4 Å². The smallest absolute Gasteiger partial charge is 0.321 e. The average Bonchev–Trinajstić information content (AvgIpc) is 2.69. The number of carbonyl (C=O) groups is 2. The third-order valence-corrected chi connectivity index (χ3v) is 3.03. The Morgan fingerprint density at radius 2 is 2.17 bits per heavy atom. The number of imide groups is 1. The van der Waals surface area contributed by atoms with Crippen molar-refractivity contribution in [2.75, 3.05) is 19.3 Å². The Bertz CT molecular complexity index is 433. The number of urea groups is 1. The molecule has 1 aromatic rings. The van der Waals surface area contributed by atoms with E-state index < -0.39 is 6.03 Å². The maximum absolute atomic E-state index is 11.4. The molecule has 18 heavy (non-hydrogen) atoms. The first-order valence-electron chi connectivity index (χ1n) is 5.32. The molecule has 3 amide bonds. The summed E-state index contributed by atoms with van der Waals surface area (Å²) < 4.78 is 1.83. The molecule has 0 aliphatic carbocycles. The van der Waals surface area contributed by atoms with E-state index in [4.69, 9.17) is 5.73 Å². The van der Waals surface area contributed by atoms with E-state index in [1.807, 2.05) is 11.5 Å². The largest absolute Gasteiger partial charge is 0.341 e. The van der Waals surface area contributed by atoms with Crippen LogP contribution in [0.5, 0.6) is 0 Å². The first-order valence-corrected chi connectivity index (χ1v) is 6.31. The van der Waals surface area contributed by atoms with Crippen molar-refractivity contribution >= 4 is 23.7 Å². The van der Waals surface area contributed by atoms with Crippen molar-refractivity contribution in [3.63, 3.8) is 0 Å². The minimum Gasteiger partial charge on any atom is -0.341 e. The molecule has 0 spiro atoms. The second-order valence-electron chi connectivity index (χ2n) is 3.39. The number of hydrogen-bond acceptors (Lipinski definition) is 6. The van der Waals surface area contributed by atoms with Gasteiger partial charge in [-0.2, -0.15) is 0 Å². The molecule has 0 radical (unpaired) electrons. The van der Waals surface area contributed by atoms with E-state index in [1.165, 1.54) is 18.8 Å². The molecule has 8 nitrogen and oxygen atoms in total. The van der Waals surface area contributed by atoms with Crippen molar-refractivity contribution < 1.29 is 9.59 Å². The van der Waals surface area contributed by atoms with Crippen molar-refractivity contribution in [2.24, 2.45) is 5.73 Å². The molecule has 0 saturated heterocycles. The van der Waals surface area contributed by atoms with Crippen LogP contribution in [0.3, 0.4) is 0 Å². The van der Waals surface area contributed by atoms with E-state index in [-0.39, 0.29) is 11.7 Å². The third-order valence-electron chi connectivity index (χ3n) is 2.07. The predicted molar refractivity (Wildman–Crippen MR) is 67.1 cm³/mol. The molecular weight excluding hydrogens is 256 g/mol. The van der Waals surface area contributed by atoms with Crippen LogP contribution in [0.15, 0.2) is 5.16 Å². The fraction of sp³-hybridized carbons (Fsp3) is 0.556. The predicted octanol–water partition coefficient (Wildman–Crippen LogP) is -0.907. The molecular formula is C9H16N6O2S. The highest BCUT2D eigenvalue weighted by molar-refractivity contribution is 7.99. The Balaban J connectivity index is 2.53. The summed E-state index contributed by atoms with van der Waals surface area (Å²) in [5.74, 6) is 0.449. The molecule has 0 fully saturated rings. The van der Waals surface area contributed by atoms with Crippen LogP contribution in [0.25, 0.3) is 0 Å². The molecule has 1 heterocycles. The summed E-state index contributed by atoms with van der Waals surface area (Å²) in [6.45, 7) is 2.88. The number of carbonyl (C=O) groups excluding carboxylic acids is 2. The zero-order valence-electron chi connectivity index (χ0n) is 10.3. The van der Waals surface area contributed by atoms with Gasteiger partial charge >= 0.3 is 6.03 Å². The first kappa shape index (κ1) is 14.5. The van der Waals surface area contributed by atoms with Gasteiger partial charge in [0, 0.05) is 20.1 Å². The lowest BCUT2D eigenvalue weighted by molar-refractivity contribution is -0.117. The highest BCUT2D eigenvalue weighted by atomic mass is 32.2. The molecule has 4 N–H and O–H groups in total. The number of aromatic nitrogens is 3. The number of rotatable bonds is 5. The lowest BCUT2D eigenvalue weighted by Gasteiger charge is -2.06. The van der Waals surface area contributed by atoms with Crippen molar-refractivity contribution in [3.8, 4) is 0 Å². The number of nitrogens with zero attached hydrogens (tertiary/aromatic N) is 3. The summed E-state index contributed by atoms with van der Waals surface area (Å²) >= 11 is 1.21. The maximum atomic E-state index is 11.4. The van der Waals surface area contributed by atoms with Crippen molar-refractivity contribution in [2.45, 2.75) is 18.6 Å². The highest BCUT2D eigenvalue weighted by Gasteiger charge is 2.12. The Morgan fingerprint density at radius 3 is 2.78 bits per heavy atom. The fourth-order valence-corrected chi connectivity index (χ4v) is 2.02. The number of thioether (sulfide) groups is 1. The third kappa shape index (κ3) is 4.00. The van der Waals surface area contributed by atoms with Crippen LogP contribution in [0.4, 0.5) is 4.79 Å². The minimum atomic E-state index is -0.528. The summed E-state index contributed by atoms with van der Waals surface area (Å²) in [5, 5.41) is 12.9. The molecule has 100 valence electrons. The zero-order chi connectivity index (χ0) is 13.5. The van der Waals surface area contributed by atoms with E-state index in [2.05, 4.69) is 20.8 Å². The van der Waals surface area contributed by atoms with E-state index in [0.717, 1.165) is 5.82 Å². The summed E-state index contributed by atoms with van der Waals surface area (Å²) in [5.41, 5.74) is 5.48. The summed E-state index contributed by atoms with van der Waals surface area (Å²) in [6.07, 6.45) is 0. The molecule has 0 bridgehead atoms. The van der Waals surface area contributed by atoms with Crippen LogP contribution in [0.2, 0.25) is 0 Å². The van der Waals surface area contributed by atoms with Crippen molar-refractivity contribution in [1.29, 1.82) is 0 Å². The number of aryl methyl sites for hydroxylation is 1. The van der Waals surface area contributed by atoms with Gasteiger partial charge in [-0.15, -0.1) is 10.2 Å². The van der Waals surface area contributed by atoms with Crippen LogP contribution in [-0.2, 0) is 11.3 Å². The van der Waals surface area contributed by atoms with Gasteiger partial charge in [0.25, 0.3) is 0 Å². The topological polar surface area (TPSA) is 115 Å². The molecule has 1 aromatic heterocycles. The monoisotopic (exact) mass is 272 g/mol. The SMILES string of the molecule is CNC(=O)NC(=O)CSc1nnc(C)n1CCN. The number of hydrogen-bond donors (Lipinski definition) is 3. The van der Waals surface area contributed by atoms with E-state index >= 15 is 0 Å². The zero-order valence-corrected chi connectivity index (χ0v) is 11.1. The molecule has 0 aliphatic rings. The normalized spacial score (nSPS) is 10.2. The summed E-state index contributed by atoms with van der Waals surface area (Å²) in [6, 6.07) is -0.528. The van der Waals surface area contributed by atoms with Gasteiger partial charge in [-0.1, -0.05) is 11.8 Å². The molecule has 0 aromatic carbocycles. The van der Waals surface area contributed by atoms with Crippen LogP contribution in [0, 0.1) is 6.92 Å². The van der Waals surface area contributed by atoms with Gasteiger partial charge in [-0.05, 0) is 6.92 Å². The second kappa shape index (κ2) is 6.97. The average molecular weight is 272 g/mol. The van der Waals surface area contributed by atoms with Crippen LogP contribution in [0.1, 0.15) is 5.82 Å². The Morgan fingerprint density at radius 1 is 1.44 bits per heavy atom. The molecule has 1 rings (SSSR count). The van der Waals surface area contributed by atoms with Gasteiger partial charge in [0.2, 0.25) is 5.91 Å². The second-order valence-corrected chi connectivity index (χ2v) is 4.33. The maximum Gasteiger partial charge on any atom is 0.321 e.